The fourth-order valence-electron chi connectivity index (χ4n) is 1.38. The molecule has 98 valence electrons. The van der Waals surface area contributed by atoms with E-state index in [4.69, 9.17) is 5.11 Å². The lowest BCUT2D eigenvalue weighted by atomic mass is 10.1. The van der Waals surface area contributed by atoms with E-state index in [9.17, 15) is 13.2 Å². The first-order chi connectivity index (χ1) is 8.38. The minimum absolute atomic E-state index is 0.0124. The van der Waals surface area contributed by atoms with Gasteiger partial charge in [-0.2, -0.15) is 0 Å². The molecule has 0 radical (unpaired) electrons. The summed E-state index contributed by atoms with van der Waals surface area (Å²) in [5.74, 6) is -1.14. The summed E-state index contributed by atoms with van der Waals surface area (Å²) in [5.41, 5.74) is 0.508. The molecule has 6 heteroatoms. The summed E-state index contributed by atoms with van der Waals surface area (Å²) in [6.45, 7) is 5.34. The number of aryl methyl sites for hydroxylation is 1. The highest BCUT2D eigenvalue weighted by Crippen LogP contribution is 2.15. The average Bonchev–Trinajstić information content (AvgIpc) is 2.29. The Balaban J connectivity index is 3.06. The molecule has 18 heavy (non-hydrogen) atoms. The van der Waals surface area contributed by atoms with Crippen LogP contribution >= 0.6 is 0 Å². The molecule has 0 saturated carbocycles. The van der Waals surface area contributed by atoms with Gasteiger partial charge in [0.25, 0.3) is 0 Å². The number of carboxylic acids is 1. The van der Waals surface area contributed by atoms with E-state index in [1.807, 2.05) is 0 Å². The fourth-order valence-corrected chi connectivity index (χ4v) is 2.45. The highest BCUT2D eigenvalue weighted by atomic mass is 32.2. The maximum absolute atomic E-state index is 11.9. The number of aromatic carboxylic acids is 1. The van der Waals surface area contributed by atoms with Gasteiger partial charge in [0.2, 0.25) is 10.0 Å². The van der Waals surface area contributed by atoms with Crippen LogP contribution in [-0.4, -0.2) is 26.0 Å². The molecule has 2 N–H and O–H groups in total. The third-order valence-electron chi connectivity index (χ3n) is 2.39. The molecule has 0 bridgehead atoms. The number of sulfonamides is 1. The van der Waals surface area contributed by atoms with Crippen LogP contribution in [0.15, 0.2) is 35.7 Å². The first kappa shape index (κ1) is 14.4. The van der Waals surface area contributed by atoms with Crippen molar-refractivity contribution >= 4 is 16.0 Å². The van der Waals surface area contributed by atoms with E-state index in [1.54, 1.807) is 13.0 Å². The number of hydrogen-bond acceptors (Lipinski definition) is 3. The summed E-state index contributed by atoms with van der Waals surface area (Å²) < 4.78 is 26.1. The molecule has 1 rings (SSSR count). The zero-order valence-electron chi connectivity index (χ0n) is 10.0. The molecule has 0 aliphatic rings. The highest BCUT2D eigenvalue weighted by molar-refractivity contribution is 7.89. The maximum atomic E-state index is 11.9. The van der Waals surface area contributed by atoms with Crippen LogP contribution in [0, 0.1) is 6.92 Å². The predicted molar refractivity (Wildman–Crippen MR) is 68.1 cm³/mol. The van der Waals surface area contributed by atoms with Gasteiger partial charge in [-0.25, -0.2) is 17.9 Å². The first-order valence-corrected chi connectivity index (χ1v) is 6.81. The molecule has 1 aromatic carbocycles. The lowest BCUT2D eigenvalue weighted by Gasteiger charge is -2.07. The molecular formula is C12H15NO4S. The Morgan fingerprint density at radius 1 is 1.50 bits per heavy atom. The van der Waals surface area contributed by atoms with Crippen molar-refractivity contribution in [3.63, 3.8) is 0 Å². The van der Waals surface area contributed by atoms with Crippen molar-refractivity contribution in [2.45, 2.75) is 18.2 Å². The molecule has 0 spiro atoms. The molecule has 0 atom stereocenters. The number of carboxylic acid groups (broad SMARTS) is 1. The highest BCUT2D eigenvalue weighted by Gasteiger charge is 2.16. The molecule has 0 saturated heterocycles. The van der Waals surface area contributed by atoms with Crippen LogP contribution in [0.25, 0.3) is 0 Å². The maximum Gasteiger partial charge on any atom is 0.335 e. The molecule has 5 nitrogen and oxygen atoms in total. The molecule has 0 aromatic heterocycles. The molecule has 0 heterocycles. The zero-order valence-corrected chi connectivity index (χ0v) is 10.8. The van der Waals surface area contributed by atoms with E-state index in [1.165, 1.54) is 12.1 Å². The Kier molecular flexibility index (Phi) is 4.63. The molecule has 0 aliphatic carbocycles. The molecular weight excluding hydrogens is 254 g/mol. The van der Waals surface area contributed by atoms with Crippen molar-refractivity contribution in [3.8, 4) is 0 Å². The van der Waals surface area contributed by atoms with Gasteiger partial charge in [-0.3, -0.25) is 0 Å². The van der Waals surface area contributed by atoms with Crippen molar-refractivity contribution in [1.82, 2.24) is 4.72 Å². The minimum atomic E-state index is -3.67. The summed E-state index contributed by atoms with van der Waals surface area (Å²) in [7, 11) is -3.67. The van der Waals surface area contributed by atoms with E-state index in [2.05, 4.69) is 11.3 Å². The molecule has 0 amide bonds. The Hall–Kier alpha value is -1.66. The SMILES string of the molecule is C=CCCNS(=O)(=O)c1ccc(C)c(C(=O)O)c1. The van der Waals surface area contributed by atoms with Crippen LogP contribution in [0.1, 0.15) is 22.3 Å². The monoisotopic (exact) mass is 269 g/mol. The number of nitrogens with one attached hydrogen (secondary N) is 1. The quantitative estimate of drug-likeness (QED) is 0.606. The molecule has 0 unspecified atom stereocenters. The van der Waals surface area contributed by atoms with E-state index in [0.717, 1.165) is 6.07 Å². The molecule has 0 fully saturated rings. The topological polar surface area (TPSA) is 83.5 Å². The van der Waals surface area contributed by atoms with Gasteiger partial charge in [0, 0.05) is 6.54 Å². The Bertz CT molecular complexity index is 563. The normalized spacial score (nSPS) is 11.2. The van der Waals surface area contributed by atoms with Gasteiger partial charge >= 0.3 is 5.97 Å². The van der Waals surface area contributed by atoms with Crippen molar-refractivity contribution in [2.24, 2.45) is 0 Å². The third-order valence-corrected chi connectivity index (χ3v) is 3.85. The summed E-state index contributed by atoms with van der Waals surface area (Å²) in [6, 6.07) is 4.03. The standard InChI is InChI=1S/C12H15NO4S/c1-3-4-7-13-18(16,17)10-6-5-9(2)11(8-10)12(14)15/h3,5-6,8,13H,1,4,7H2,2H3,(H,14,15). The summed E-state index contributed by atoms with van der Waals surface area (Å²) >= 11 is 0. The Morgan fingerprint density at radius 3 is 2.72 bits per heavy atom. The van der Waals surface area contributed by atoms with Gasteiger partial charge < -0.3 is 5.11 Å². The third kappa shape index (κ3) is 3.41. The number of benzene rings is 1. The first-order valence-electron chi connectivity index (χ1n) is 5.33. The number of rotatable bonds is 6. The van der Waals surface area contributed by atoms with Gasteiger partial charge in [0.05, 0.1) is 10.5 Å². The second kappa shape index (κ2) is 5.79. The van der Waals surface area contributed by atoms with E-state index >= 15 is 0 Å². The summed E-state index contributed by atoms with van der Waals surface area (Å²) in [4.78, 5) is 10.9. The lowest BCUT2D eigenvalue weighted by Crippen LogP contribution is -2.24. The van der Waals surface area contributed by atoms with Crippen LogP contribution in [-0.2, 0) is 10.0 Å². The van der Waals surface area contributed by atoms with Gasteiger partial charge in [0.15, 0.2) is 0 Å². The van der Waals surface area contributed by atoms with Crippen molar-refractivity contribution in [3.05, 3.63) is 42.0 Å². The van der Waals surface area contributed by atoms with Crippen molar-refractivity contribution in [1.29, 1.82) is 0 Å². The van der Waals surface area contributed by atoms with Crippen LogP contribution in [0.2, 0.25) is 0 Å². The second-order valence-electron chi connectivity index (χ2n) is 3.76. The Morgan fingerprint density at radius 2 is 2.17 bits per heavy atom. The van der Waals surface area contributed by atoms with Gasteiger partial charge in [-0.15, -0.1) is 6.58 Å². The van der Waals surface area contributed by atoms with E-state index in [0.29, 0.717) is 12.0 Å². The van der Waals surface area contributed by atoms with Crippen LogP contribution in [0.3, 0.4) is 0 Å². The Labute approximate surface area is 106 Å². The molecule has 0 aliphatic heterocycles. The average molecular weight is 269 g/mol. The minimum Gasteiger partial charge on any atom is -0.478 e. The van der Waals surface area contributed by atoms with E-state index in [-0.39, 0.29) is 17.0 Å². The van der Waals surface area contributed by atoms with Crippen LogP contribution in [0.5, 0.6) is 0 Å². The van der Waals surface area contributed by atoms with Gasteiger partial charge in [0.1, 0.15) is 0 Å². The predicted octanol–water partition coefficient (Wildman–Crippen LogP) is 1.55. The summed E-state index contributed by atoms with van der Waals surface area (Å²) in [6.07, 6.45) is 2.11. The van der Waals surface area contributed by atoms with Crippen LogP contribution < -0.4 is 4.72 Å². The fraction of sp³-hybridized carbons (Fsp3) is 0.250. The number of hydrogen-bond donors (Lipinski definition) is 2. The van der Waals surface area contributed by atoms with Crippen molar-refractivity contribution < 1.29 is 18.3 Å². The van der Waals surface area contributed by atoms with E-state index < -0.39 is 16.0 Å². The van der Waals surface area contributed by atoms with Gasteiger partial charge in [-0.1, -0.05) is 12.1 Å². The molecule has 1 aromatic rings. The largest absolute Gasteiger partial charge is 0.478 e. The number of carbonyl (C=O) groups is 1. The smallest absolute Gasteiger partial charge is 0.335 e. The lowest BCUT2D eigenvalue weighted by molar-refractivity contribution is 0.0696. The summed E-state index contributed by atoms with van der Waals surface area (Å²) in [5, 5.41) is 8.94. The zero-order chi connectivity index (χ0) is 13.8. The second-order valence-corrected chi connectivity index (χ2v) is 5.52. The van der Waals surface area contributed by atoms with Crippen molar-refractivity contribution in [2.75, 3.05) is 6.54 Å². The van der Waals surface area contributed by atoms with Crippen LogP contribution in [0.4, 0.5) is 0 Å². The van der Waals surface area contributed by atoms with Gasteiger partial charge in [-0.05, 0) is 31.0 Å².